The first-order chi connectivity index (χ1) is 6.99. The van der Waals surface area contributed by atoms with E-state index in [1.807, 2.05) is 25.6 Å². The zero-order chi connectivity index (χ0) is 11.1. The molecule has 15 heavy (non-hydrogen) atoms. The molecular formula is C12H18O2S. The zero-order valence-electron chi connectivity index (χ0n) is 9.41. The van der Waals surface area contributed by atoms with Gasteiger partial charge in [0.1, 0.15) is 11.6 Å². The summed E-state index contributed by atoms with van der Waals surface area (Å²) in [5, 5.41) is 0.293. The van der Waals surface area contributed by atoms with Crippen LogP contribution in [0.25, 0.3) is 0 Å². The van der Waals surface area contributed by atoms with Crippen LogP contribution < -0.4 is 0 Å². The van der Waals surface area contributed by atoms with Crippen LogP contribution in [0.5, 0.6) is 0 Å². The molecule has 0 radical (unpaired) electrons. The smallest absolute Gasteiger partial charge is 0.145 e. The molecule has 1 saturated heterocycles. The standard InChI is InChI=1S/C12H18O2S/c1-12(2)6-8(13)11(9(14)7-12)10-4-3-5-15-10/h10-11H,3-7H2,1-2H3. The molecule has 1 aliphatic heterocycles. The number of carbonyl (C=O) groups excluding carboxylic acids is 2. The molecule has 1 saturated carbocycles. The van der Waals surface area contributed by atoms with E-state index in [2.05, 4.69) is 0 Å². The van der Waals surface area contributed by atoms with Gasteiger partial charge >= 0.3 is 0 Å². The van der Waals surface area contributed by atoms with Crippen LogP contribution in [0.15, 0.2) is 0 Å². The third kappa shape index (κ3) is 2.27. The molecule has 0 bridgehead atoms. The minimum Gasteiger partial charge on any atom is -0.299 e. The van der Waals surface area contributed by atoms with Crippen molar-refractivity contribution in [1.82, 2.24) is 0 Å². The van der Waals surface area contributed by atoms with Gasteiger partial charge in [0.2, 0.25) is 0 Å². The van der Waals surface area contributed by atoms with Crippen LogP contribution in [0.3, 0.4) is 0 Å². The number of thioether (sulfide) groups is 1. The average molecular weight is 226 g/mol. The fraction of sp³-hybridized carbons (Fsp3) is 0.833. The average Bonchev–Trinajstić information content (AvgIpc) is 2.52. The quantitative estimate of drug-likeness (QED) is 0.644. The maximum absolute atomic E-state index is 12.0. The van der Waals surface area contributed by atoms with E-state index >= 15 is 0 Å². The van der Waals surface area contributed by atoms with Crippen LogP contribution in [-0.4, -0.2) is 22.6 Å². The molecular weight excluding hydrogens is 208 g/mol. The fourth-order valence-electron chi connectivity index (χ4n) is 2.69. The number of hydrogen-bond acceptors (Lipinski definition) is 3. The number of carbonyl (C=O) groups is 2. The Hall–Kier alpha value is -0.310. The lowest BCUT2D eigenvalue weighted by Crippen LogP contribution is -2.42. The van der Waals surface area contributed by atoms with Gasteiger partial charge in [0.15, 0.2) is 0 Å². The summed E-state index contributed by atoms with van der Waals surface area (Å²) >= 11 is 1.81. The molecule has 0 aromatic heterocycles. The van der Waals surface area contributed by atoms with Crippen molar-refractivity contribution in [3.8, 4) is 0 Å². The molecule has 2 nitrogen and oxygen atoms in total. The molecule has 1 atom stereocenters. The first kappa shape index (κ1) is 11.2. The predicted molar refractivity (Wildman–Crippen MR) is 62.0 cm³/mol. The SMILES string of the molecule is CC1(C)CC(=O)C(C2CCCS2)C(=O)C1. The lowest BCUT2D eigenvalue weighted by atomic mass is 9.70. The summed E-state index contributed by atoms with van der Waals surface area (Å²) < 4.78 is 0. The van der Waals surface area contributed by atoms with E-state index in [1.54, 1.807) is 0 Å². The van der Waals surface area contributed by atoms with Gasteiger partial charge in [-0.1, -0.05) is 13.8 Å². The Morgan fingerprint density at radius 3 is 2.27 bits per heavy atom. The van der Waals surface area contributed by atoms with Gasteiger partial charge in [0.05, 0.1) is 5.92 Å². The normalized spacial score (nSPS) is 32.3. The molecule has 2 fully saturated rings. The molecule has 0 aromatic carbocycles. The lowest BCUT2D eigenvalue weighted by molar-refractivity contribution is -0.139. The Labute approximate surface area is 95.2 Å². The van der Waals surface area contributed by atoms with Crippen LogP contribution in [0.1, 0.15) is 39.5 Å². The minimum absolute atomic E-state index is 0.103. The minimum atomic E-state index is -0.273. The largest absolute Gasteiger partial charge is 0.299 e. The molecule has 1 unspecified atom stereocenters. The van der Waals surface area contributed by atoms with Gasteiger partial charge in [-0.05, 0) is 24.0 Å². The molecule has 1 heterocycles. The summed E-state index contributed by atoms with van der Waals surface area (Å²) in [7, 11) is 0. The first-order valence-corrected chi connectivity index (χ1v) is 6.71. The second-order valence-corrected chi connectivity index (χ2v) is 6.83. The van der Waals surface area contributed by atoms with E-state index < -0.39 is 0 Å². The van der Waals surface area contributed by atoms with Crippen molar-refractivity contribution in [2.24, 2.45) is 11.3 Å². The fourth-order valence-corrected chi connectivity index (χ4v) is 4.15. The van der Waals surface area contributed by atoms with E-state index in [0.29, 0.717) is 18.1 Å². The van der Waals surface area contributed by atoms with Crippen molar-refractivity contribution in [2.75, 3.05) is 5.75 Å². The highest BCUT2D eigenvalue weighted by molar-refractivity contribution is 8.00. The van der Waals surface area contributed by atoms with Crippen molar-refractivity contribution >= 4 is 23.3 Å². The van der Waals surface area contributed by atoms with Gasteiger partial charge < -0.3 is 0 Å². The number of ketones is 2. The summed E-state index contributed by atoms with van der Waals surface area (Å²) in [6.45, 7) is 4.03. The van der Waals surface area contributed by atoms with Gasteiger partial charge in [0.25, 0.3) is 0 Å². The van der Waals surface area contributed by atoms with Crippen LogP contribution >= 0.6 is 11.8 Å². The zero-order valence-corrected chi connectivity index (χ0v) is 10.2. The van der Waals surface area contributed by atoms with Gasteiger partial charge in [-0.25, -0.2) is 0 Å². The third-order valence-corrected chi connectivity index (χ3v) is 4.80. The Kier molecular flexibility index (Phi) is 2.93. The highest BCUT2D eigenvalue weighted by Crippen LogP contribution is 2.41. The number of rotatable bonds is 1. The lowest BCUT2D eigenvalue weighted by Gasteiger charge is -2.34. The maximum Gasteiger partial charge on any atom is 0.145 e. The summed E-state index contributed by atoms with van der Waals surface area (Å²) in [5.41, 5.74) is -0.103. The molecule has 84 valence electrons. The summed E-state index contributed by atoms with van der Waals surface area (Å²) in [6, 6.07) is 0. The van der Waals surface area contributed by atoms with Crippen LogP contribution in [0.2, 0.25) is 0 Å². The van der Waals surface area contributed by atoms with Crippen molar-refractivity contribution < 1.29 is 9.59 Å². The second-order valence-electron chi connectivity index (χ2n) is 5.48. The molecule has 2 rings (SSSR count). The van der Waals surface area contributed by atoms with Gasteiger partial charge in [-0.2, -0.15) is 11.8 Å². The van der Waals surface area contributed by atoms with Gasteiger partial charge in [-0.3, -0.25) is 9.59 Å². The molecule has 0 aromatic rings. The molecule has 0 spiro atoms. The molecule has 2 aliphatic rings. The molecule has 0 N–H and O–H groups in total. The van der Waals surface area contributed by atoms with Crippen molar-refractivity contribution in [3.05, 3.63) is 0 Å². The summed E-state index contributed by atoms with van der Waals surface area (Å²) in [4.78, 5) is 23.9. The second kappa shape index (κ2) is 3.93. The van der Waals surface area contributed by atoms with E-state index in [-0.39, 0.29) is 22.9 Å². The number of hydrogen-bond donors (Lipinski definition) is 0. The topological polar surface area (TPSA) is 34.1 Å². The number of Topliss-reactive ketones (excluding diaryl/α,β-unsaturated/α-hetero) is 2. The molecule has 1 aliphatic carbocycles. The van der Waals surface area contributed by atoms with Crippen LogP contribution in [0, 0.1) is 11.3 Å². The van der Waals surface area contributed by atoms with E-state index in [4.69, 9.17) is 0 Å². The highest BCUT2D eigenvalue weighted by atomic mass is 32.2. The van der Waals surface area contributed by atoms with Crippen LogP contribution in [0.4, 0.5) is 0 Å². The van der Waals surface area contributed by atoms with E-state index in [9.17, 15) is 9.59 Å². The first-order valence-electron chi connectivity index (χ1n) is 5.67. The Balaban J connectivity index is 2.12. The van der Waals surface area contributed by atoms with Crippen molar-refractivity contribution in [2.45, 2.75) is 44.8 Å². The molecule has 3 heteroatoms. The third-order valence-electron chi connectivity index (χ3n) is 3.34. The predicted octanol–water partition coefficient (Wildman–Crippen LogP) is 2.46. The Morgan fingerprint density at radius 1 is 1.20 bits per heavy atom. The van der Waals surface area contributed by atoms with E-state index in [0.717, 1.165) is 18.6 Å². The van der Waals surface area contributed by atoms with Gasteiger partial charge in [-0.15, -0.1) is 0 Å². The van der Waals surface area contributed by atoms with E-state index in [1.165, 1.54) is 0 Å². The highest BCUT2D eigenvalue weighted by Gasteiger charge is 2.44. The molecule has 0 amide bonds. The maximum atomic E-state index is 12.0. The summed E-state index contributed by atoms with van der Waals surface area (Å²) in [5.74, 6) is 1.22. The van der Waals surface area contributed by atoms with Crippen molar-refractivity contribution in [3.63, 3.8) is 0 Å². The van der Waals surface area contributed by atoms with Gasteiger partial charge in [0, 0.05) is 18.1 Å². The summed E-state index contributed by atoms with van der Waals surface area (Å²) in [6.07, 6.45) is 3.38. The monoisotopic (exact) mass is 226 g/mol. The Morgan fingerprint density at radius 2 is 1.80 bits per heavy atom. The van der Waals surface area contributed by atoms with Crippen LogP contribution in [-0.2, 0) is 9.59 Å². The van der Waals surface area contributed by atoms with Crippen molar-refractivity contribution in [1.29, 1.82) is 0 Å². The Bertz CT molecular complexity index is 270.